The molecule has 2 aromatic rings. The van der Waals surface area contributed by atoms with Crippen molar-refractivity contribution in [3.8, 4) is 0 Å². The van der Waals surface area contributed by atoms with Crippen LogP contribution in [-0.2, 0) is 6.42 Å². The van der Waals surface area contributed by atoms with Crippen molar-refractivity contribution in [1.82, 2.24) is 15.0 Å². The molecule has 0 spiro atoms. The number of aromatic nitrogens is 3. The maximum atomic E-state index is 5.97. The lowest BCUT2D eigenvalue weighted by atomic mass is 10.1. The lowest BCUT2D eigenvalue weighted by Gasteiger charge is -2.17. The molecule has 0 saturated heterocycles. The second-order valence-corrected chi connectivity index (χ2v) is 4.90. The Morgan fingerprint density at radius 1 is 1.25 bits per heavy atom. The van der Waals surface area contributed by atoms with Crippen LogP contribution in [0.4, 0.5) is 11.6 Å². The van der Waals surface area contributed by atoms with Gasteiger partial charge in [-0.05, 0) is 38.0 Å². The van der Waals surface area contributed by atoms with Gasteiger partial charge in [0.2, 0.25) is 0 Å². The van der Waals surface area contributed by atoms with E-state index in [0.29, 0.717) is 5.82 Å². The molecule has 0 aliphatic carbocycles. The Bertz CT molecular complexity index is 568. The van der Waals surface area contributed by atoms with Gasteiger partial charge >= 0.3 is 0 Å². The monoisotopic (exact) mass is 271 g/mol. The average Bonchev–Trinajstić information content (AvgIpc) is 2.45. The molecule has 5 heteroatoms. The van der Waals surface area contributed by atoms with E-state index in [0.717, 1.165) is 35.6 Å². The van der Waals surface area contributed by atoms with Crippen molar-refractivity contribution < 1.29 is 0 Å². The van der Waals surface area contributed by atoms with Crippen molar-refractivity contribution >= 4 is 11.6 Å². The minimum absolute atomic E-state index is 0.139. The minimum atomic E-state index is 0.139. The first-order valence-corrected chi connectivity index (χ1v) is 6.91. The SMILES string of the molecule is CCCc1nc(N)c(C)c(NC(C)c2ccncc2)n1. The maximum absolute atomic E-state index is 5.97. The van der Waals surface area contributed by atoms with Crippen LogP contribution < -0.4 is 11.1 Å². The van der Waals surface area contributed by atoms with Gasteiger partial charge in [0.1, 0.15) is 17.5 Å². The van der Waals surface area contributed by atoms with Crippen LogP contribution in [0.5, 0.6) is 0 Å². The van der Waals surface area contributed by atoms with Crippen LogP contribution in [-0.4, -0.2) is 15.0 Å². The van der Waals surface area contributed by atoms with E-state index in [1.807, 2.05) is 19.1 Å². The fourth-order valence-corrected chi connectivity index (χ4v) is 2.00. The summed E-state index contributed by atoms with van der Waals surface area (Å²) in [5.41, 5.74) is 8.02. The van der Waals surface area contributed by atoms with Crippen LogP contribution in [0, 0.1) is 6.92 Å². The van der Waals surface area contributed by atoms with Gasteiger partial charge in [-0.1, -0.05) is 6.92 Å². The minimum Gasteiger partial charge on any atom is -0.383 e. The number of aryl methyl sites for hydroxylation is 1. The molecule has 20 heavy (non-hydrogen) atoms. The van der Waals surface area contributed by atoms with Crippen molar-refractivity contribution in [2.24, 2.45) is 0 Å². The van der Waals surface area contributed by atoms with Crippen molar-refractivity contribution in [3.05, 3.63) is 41.5 Å². The summed E-state index contributed by atoms with van der Waals surface area (Å²) < 4.78 is 0. The summed E-state index contributed by atoms with van der Waals surface area (Å²) in [4.78, 5) is 12.9. The first kappa shape index (κ1) is 14.2. The highest BCUT2D eigenvalue weighted by Gasteiger charge is 2.12. The molecule has 3 N–H and O–H groups in total. The van der Waals surface area contributed by atoms with Crippen molar-refractivity contribution in [2.45, 2.75) is 39.7 Å². The summed E-state index contributed by atoms with van der Waals surface area (Å²) in [7, 11) is 0. The molecule has 0 fully saturated rings. The topological polar surface area (TPSA) is 76.7 Å². The zero-order chi connectivity index (χ0) is 14.5. The van der Waals surface area contributed by atoms with Crippen LogP contribution in [0.2, 0.25) is 0 Å². The fraction of sp³-hybridized carbons (Fsp3) is 0.400. The number of nitrogen functional groups attached to an aromatic ring is 1. The van der Waals surface area contributed by atoms with Gasteiger partial charge in [0.25, 0.3) is 0 Å². The zero-order valence-electron chi connectivity index (χ0n) is 12.2. The smallest absolute Gasteiger partial charge is 0.135 e. The third-order valence-corrected chi connectivity index (χ3v) is 3.26. The summed E-state index contributed by atoms with van der Waals surface area (Å²) in [5, 5.41) is 3.41. The molecule has 5 nitrogen and oxygen atoms in total. The molecule has 2 aromatic heterocycles. The largest absolute Gasteiger partial charge is 0.383 e. The van der Waals surface area contributed by atoms with Gasteiger partial charge in [-0.2, -0.15) is 0 Å². The molecule has 2 rings (SSSR count). The fourth-order valence-electron chi connectivity index (χ4n) is 2.00. The van der Waals surface area contributed by atoms with E-state index in [9.17, 15) is 0 Å². The molecule has 1 unspecified atom stereocenters. The van der Waals surface area contributed by atoms with E-state index in [2.05, 4.69) is 34.1 Å². The zero-order valence-corrected chi connectivity index (χ0v) is 12.2. The molecule has 0 amide bonds. The predicted molar refractivity (Wildman–Crippen MR) is 81.5 cm³/mol. The molecule has 0 aliphatic heterocycles. The number of anilines is 2. The first-order valence-electron chi connectivity index (χ1n) is 6.91. The lowest BCUT2D eigenvalue weighted by molar-refractivity contribution is 0.816. The second kappa shape index (κ2) is 6.32. The maximum Gasteiger partial charge on any atom is 0.135 e. The van der Waals surface area contributed by atoms with E-state index in [4.69, 9.17) is 5.73 Å². The van der Waals surface area contributed by atoms with Crippen LogP contribution in [0.25, 0.3) is 0 Å². The number of hydrogen-bond acceptors (Lipinski definition) is 5. The standard InChI is InChI=1S/C15H21N5/c1-4-5-13-19-14(16)10(2)15(20-13)18-11(3)12-6-8-17-9-7-12/h6-9,11H,4-5H2,1-3H3,(H3,16,18,19,20). The van der Waals surface area contributed by atoms with Crippen molar-refractivity contribution in [2.75, 3.05) is 11.1 Å². The summed E-state index contributed by atoms with van der Waals surface area (Å²) in [5.74, 6) is 2.15. The Morgan fingerprint density at radius 2 is 1.95 bits per heavy atom. The Hall–Kier alpha value is -2.17. The Balaban J connectivity index is 2.24. The van der Waals surface area contributed by atoms with Gasteiger partial charge in [0.05, 0.1) is 6.04 Å². The third-order valence-electron chi connectivity index (χ3n) is 3.26. The summed E-state index contributed by atoms with van der Waals surface area (Å²) >= 11 is 0. The predicted octanol–water partition coefficient (Wildman–Crippen LogP) is 2.89. The first-order chi connectivity index (χ1) is 9.61. The third kappa shape index (κ3) is 3.23. The Labute approximate surface area is 119 Å². The van der Waals surface area contributed by atoms with Crippen molar-refractivity contribution in [1.29, 1.82) is 0 Å². The molecular formula is C15H21N5. The molecular weight excluding hydrogens is 250 g/mol. The molecule has 0 saturated carbocycles. The summed E-state index contributed by atoms with van der Waals surface area (Å²) in [6.07, 6.45) is 5.42. The van der Waals surface area contributed by atoms with E-state index in [1.54, 1.807) is 12.4 Å². The number of pyridine rings is 1. The highest BCUT2D eigenvalue weighted by Crippen LogP contribution is 2.23. The molecule has 0 aromatic carbocycles. The average molecular weight is 271 g/mol. The van der Waals surface area contributed by atoms with Gasteiger partial charge in [0, 0.05) is 24.4 Å². The molecule has 0 bridgehead atoms. The van der Waals surface area contributed by atoms with Gasteiger partial charge in [-0.3, -0.25) is 4.98 Å². The van der Waals surface area contributed by atoms with E-state index in [-0.39, 0.29) is 6.04 Å². The van der Waals surface area contributed by atoms with Crippen LogP contribution in [0.3, 0.4) is 0 Å². The molecule has 0 radical (unpaired) electrons. The molecule has 0 aliphatic rings. The van der Waals surface area contributed by atoms with Gasteiger partial charge in [0.15, 0.2) is 0 Å². The molecule has 1 atom stereocenters. The summed E-state index contributed by atoms with van der Waals surface area (Å²) in [6, 6.07) is 4.12. The number of rotatable bonds is 5. The number of nitrogens with zero attached hydrogens (tertiary/aromatic N) is 3. The van der Waals surface area contributed by atoms with E-state index < -0.39 is 0 Å². The molecule has 2 heterocycles. The van der Waals surface area contributed by atoms with Crippen molar-refractivity contribution in [3.63, 3.8) is 0 Å². The normalized spacial score (nSPS) is 12.2. The molecule has 106 valence electrons. The Morgan fingerprint density at radius 3 is 2.60 bits per heavy atom. The number of hydrogen-bond donors (Lipinski definition) is 2. The summed E-state index contributed by atoms with van der Waals surface area (Å²) in [6.45, 7) is 6.13. The quantitative estimate of drug-likeness (QED) is 0.874. The lowest BCUT2D eigenvalue weighted by Crippen LogP contribution is -2.13. The van der Waals surface area contributed by atoms with Crippen LogP contribution >= 0.6 is 0 Å². The highest BCUT2D eigenvalue weighted by atomic mass is 15.1. The van der Waals surface area contributed by atoms with Crippen LogP contribution in [0.15, 0.2) is 24.5 Å². The van der Waals surface area contributed by atoms with E-state index >= 15 is 0 Å². The Kier molecular flexibility index (Phi) is 4.50. The van der Waals surface area contributed by atoms with E-state index in [1.165, 1.54) is 0 Å². The van der Waals surface area contributed by atoms with Gasteiger partial charge in [-0.25, -0.2) is 9.97 Å². The number of nitrogens with two attached hydrogens (primary N) is 1. The highest BCUT2D eigenvalue weighted by molar-refractivity contribution is 5.55. The van der Waals surface area contributed by atoms with Gasteiger partial charge < -0.3 is 11.1 Å². The number of nitrogens with one attached hydrogen (secondary N) is 1. The van der Waals surface area contributed by atoms with Gasteiger partial charge in [-0.15, -0.1) is 0 Å². The van der Waals surface area contributed by atoms with Crippen LogP contribution in [0.1, 0.15) is 43.3 Å². The second-order valence-electron chi connectivity index (χ2n) is 4.90.